The quantitative estimate of drug-likeness (QED) is 0.917. The van der Waals surface area contributed by atoms with E-state index < -0.39 is 0 Å². The number of anilines is 1. The van der Waals surface area contributed by atoms with Crippen LogP contribution in [-0.2, 0) is 12.8 Å². The molecule has 122 valence electrons. The minimum Gasteiger partial charge on any atom is -0.345 e. The lowest BCUT2D eigenvalue weighted by molar-refractivity contribution is -0.655. The summed E-state index contributed by atoms with van der Waals surface area (Å²) in [5, 5.41) is 3.82. The largest absolute Gasteiger partial charge is 0.345 e. The summed E-state index contributed by atoms with van der Waals surface area (Å²) < 4.78 is 0. The molecule has 2 aromatic heterocycles. The van der Waals surface area contributed by atoms with Gasteiger partial charge in [0.15, 0.2) is 0 Å². The molecule has 23 heavy (non-hydrogen) atoms. The first-order valence-electron chi connectivity index (χ1n) is 9.18. The molecule has 1 saturated carbocycles. The number of nitrogens with two attached hydrogens (primary N) is 1. The molecule has 3 heterocycles. The second-order valence-electron chi connectivity index (χ2n) is 7.56. The number of aromatic nitrogens is 2. The summed E-state index contributed by atoms with van der Waals surface area (Å²) in [5.41, 5.74) is 1.58. The summed E-state index contributed by atoms with van der Waals surface area (Å²) in [7, 11) is 0. The SMILES string of the molecule is C[C@H]1CCc2c(sc3nc(C4CC4)nc(N4CC[NH2+]CC4)c23)C1. The van der Waals surface area contributed by atoms with Gasteiger partial charge in [-0.15, -0.1) is 11.3 Å². The van der Waals surface area contributed by atoms with Crippen LogP contribution in [0.5, 0.6) is 0 Å². The van der Waals surface area contributed by atoms with Gasteiger partial charge in [-0.3, -0.25) is 0 Å². The van der Waals surface area contributed by atoms with Crippen molar-refractivity contribution in [3.8, 4) is 0 Å². The van der Waals surface area contributed by atoms with Gasteiger partial charge < -0.3 is 10.2 Å². The lowest BCUT2D eigenvalue weighted by Gasteiger charge is -2.28. The summed E-state index contributed by atoms with van der Waals surface area (Å²) in [5.74, 6) is 3.83. The zero-order valence-electron chi connectivity index (χ0n) is 13.8. The monoisotopic (exact) mass is 329 g/mol. The van der Waals surface area contributed by atoms with Crippen LogP contribution in [0.25, 0.3) is 10.2 Å². The molecule has 0 bridgehead atoms. The van der Waals surface area contributed by atoms with E-state index >= 15 is 0 Å². The Hall–Kier alpha value is -1.20. The summed E-state index contributed by atoms with van der Waals surface area (Å²) in [6, 6.07) is 0. The lowest BCUT2D eigenvalue weighted by Crippen LogP contribution is -2.89. The highest BCUT2D eigenvalue weighted by atomic mass is 32.1. The Balaban J connectivity index is 1.69. The third kappa shape index (κ3) is 2.45. The average molecular weight is 329 g/mol. The maximum Gasteiger partial charge on any atom is 0.141 e. The van der Waals surface area contributed by atoms with E-state index in [1.54, 1.807) is 10.4 Å². The van der Waals surface area contributed by atoms with E-state index in [2.05, 4.69) is 17.1 Å². The zero-order chi connectivity index (χ0) is 15.4. The standard InChI is InChI=1S/C18H24N4S/c1-11-2-5-13-14(10-11)23-18-15(13)17(22-8-6-19-7-9-22)20-16(21-18)12-3-4-12/h11-12,19H,2-10H2,1H3/p+1/t11-/m0/s1. The van der Waals surface area contributed by atoms with Gasteiger partial charge in [0.05, 0.1) is 31.6 Å². The van der Waals surface area contributed by atoms with Crippen molar-refractivity contribution in [2.24, 2.45) is 5.92 Å². The number of nitrogens with zero attached hydrogens (tertiary/aromatic N) is 3. The van der Waals surface area contributed by atoms with Gasteiger partial charge in [0, 0.05) is 10.8 Å². The molecule has 2 aliphatic carbocycles. The highest BCUT2D eigenvalue weighted by Gasteiger charge is 2.31. The van der Waals surface area contributed by atoms with Crippen LogP contribution in [0.3, 0.4) is 0 Å². The molecule has 1 saturated heterocycles. The van der Waals surface area contributed by atoms with Gasteiger partial charge in [-0.1, -0.05) is 6.92 Å². The number of quaternary nitrogens is 1. The van der Waals surface area contributed by atoms with Crippen LogP contribution >= 0.6 is 11.3 Å². The Morgan fingerprint density at radius 3 is 2.74 bits per heavy atom. The topological polar surface area (TPSA) is 45.6 Å². The van der Waals surface area contributed by atoms with Crippen LogP contribution in [0.4, 0.5) is 5.82 Å². The average Bonchev–Trinajstić information content (AvgIpc) is 3.36. The summed E-state index contributed by atoms with van der Waals surface area (Å²) >= 11 is 1.96. The fourth-order valence-corrected chi connectivity index (χ4v) is 5.44. The summed E-state index contributed by atoms with van der Waals surface area (Å²) in [6.45, 7) is 7.01. The molecule has 5 rings (SSSR count). The van der Waals surface area contributed by atoms with Gasteiger partial charge in [-0.25, -0.2) is 9.97 Å². The highest BCUT2D eigenvalue weighted by molar-refractivity contribution is 7.19. The smallest absolute Gasteiger partial charge is 0.141 e. The number of aryl methyl sites for hydroxylation is 1. The van der Waals surface area contributed by atoms with Crippen molar-refractivity contribution in [2.45, 2.75) is 44.9 Å². The Morgan fingerprint density at radius 2 is 1.96 bits per heavy atom. The normalized spacial score (nSPS) is 24.9. The van der Waals surface area contributed by atoms with Gasteiger partial charge in [0.1, 0.15) is 16.5 Å². The Bertz CT molecular complexity index is 743. The van der Waals surface area contributed by atoms with E-state index in [-0.39, 0.29) is 0 Å². The molecule has 0 aromatic carbocycles. The minimum atomic E-state index is 0.632. The van der Waals surface area contributed by atoms with Crippen molar-refractivity contribution in [3.05, 3.63) is 16.3 Å². The fraction of sp³-hybridized carbons (Fsp3) is 0.667. The maximum absolute atomic E-state index is 5.09. The lowest BCUT2D eigenvalue weighted by atomic mass is 9.89. The second kappa shape index (κ2) is 5.42. The first-order chi connectivity index (χ1) is 11.3. The van der Waals surface area contributed by atoms with E-state index in [0.717, 1.165) is 24.8 Å². The van der Waals surface area contributed by atoms with Crippen molar-refractivity contribution < 1.29 is 5.32 Å². The van der Waals surface area contributed by atoms with E-state index in [1.807, 2.05) is 11.3 Å². The number of piperazine rings is 1. The second-order valence-corrected chi connectivity index (χ2v) is 8.65. The van der Waals surface area contributed by atoms with Crippen molar-refractivity contribution in [3.63, 3.8) is 0 Å². The van der Waals surface area contributed by atoms with Crippen molar-refractivity contribution in [2.75, 3.05) is 31.1 Å². The molecule has 4 nitrogen and oxygen atoms in total. The number of fused-ring (bicyclic) bond motifs is 3. The molecule has 2 aromatic rings. The number of hydrogen-bond donors (Lipinski definition) is 1. The minimum absolute atomic E-state index is 0.632. The van der Waals surface area contributed by atoms with Gasteiger partial charge in [0.25, 0.3) is 0 Å². The van der Waals surface area contributed by atoms with Crippen LogP contribution in [0.15, 0.2) is 0 Å². The fourth-order valence-electron chi connectivity index (χ4n) is 4.05. The van der Waals surface area contributed by atoms with Crippen LogP contribution in [0, 0.1) is 5.92 Å². The zero-order valence-corrected chi connectivity index (χ0v) is 14.7. The molecule has 5 heteroatoms. The summed E-state index contributed by atoms with van der Waals surface area (Å²) in [4.78, 5) is 15.5. The van der Waals surface area contributed by atoms with Crippen LogP contribution in [0.2, 0.25) is 0 Å². The number of rotatable bonds is 2. The van der Waals surface area contributed by atoms with Crippen LogP contribution < -0.4 is 10.2 Å². The molecule has 3 aliphatic rings. The number of hydrogen-bond acceptors (Lipinski definition) is 4. The third-order valence-corrected chi connectivity index (χ3v) is 6.75. The molecular weight excluding hydrogens is 304 g/mol. The first-order valence-corrected chi connectivity index (χ1v) is 10.00. The molecule has 1 atom stereocenters. The Morgan fingerprint density at radius 1 is 1.13 bits per heavy atom. The first kappa shape index (κ1) is 14.2. The Labute approximate surface area is 141 Å². The highest BCUT2D eigenvalue weighted by Crippen LogP contribution is 2.44. The third-order valence-electron chi connectivity index (χ3n) is 5.60. The van der Waals surface area contributed by atoms with Crippen LogP contribution in [0.1, 0.15) is 48.4 Å². The molecular formula is C18H25N4S+. The van der Waals surface area contributed by atoms with Gasteiger partial charge in [-0.2, -0.15) is 0 Å². The van der Waals surface area contributed by atoms with Crippen molar-refractivity contribution in [1.29, 1.82) is 0 Å². The molecule has 1 aliphatic heterocycles. The predicted octanol–water partition coefficient (Wildman–Crippen LogP) is 2.08. The van der Waals surface area contributed by atoms with E-state index in [0.29, 0.717) is 5.92 Å². The van der Waals surface area contributed by atoms with Crippen molar-refractivity contribution >= 4 is 27.4 Å². The molecule has 0 radical (unpaired) electrons. The van der Waals surface area contributed by atoms with E-state index in [9.17, 15) is 0 Å². The van der Waals surface area contributed by atoms with Crippen molar-refractivity contribution in [1.82, 2.24) is 9.97 Å². The molecule has 0 unspecified atom stereocenters. The van der Waals surface area contributed by atoms with E-state index in [1.165, 1.54) is 61.2 Å². The number of thiophene rings is 1. The maximum atomic E-state index is 5.09. The van der Waals surface area contributed by atoms with Gasteiger partial charge in [-0.05, 0) is 43.6 Å². The molecule has 0 amide bonds. The summed E-state index contributed by atoms with van der Waals surface area (Å²) in [6.07, 6.45) is 6.33. The predicted molar refractivity (Wildman–Crippen MR) is 94.5 cm³/mol. The van der Waals surface area contributed by atoms with Crippen LogP contribution in [-0.4, -0.2) is 36.1 Å². The molecule has 2 N–H and O–H groups in total. The van der Waals surface area contributed by atoms with Gasteiger partial charge >= 0.3 is 0 Å². The van der Waals surface area contributed by atoms with E-state index in [4.69, 9.17) is 9.97 Å². The Kier molecular flexibility index (Phi) is 3.34. The van der Waals surface area contributed by atoms with Gasteiger partial charge in [0.2, 0.25) is 0 Å². The molecule has 2 fully saturated rings. The molecule has 0 spiro atoms.